The van der Waals surface area contributed by atoms with E-state index in [9.17, 15) is 0 Å². The van der Waals surface area contributed by atoms with Crippen molar-refractivity contribution in [2.45, 2.75) is 13.3 Å². The molecule has 0 aliphatic heterocycles. The summed E-state index contributed by atoms with van der Waals surface area (Å²) in [4.78, 5) is 0. The van der Waals surface area contributed by atoms with Crippen LogP contribution in [0.5, 0.6) is 0 Å². The molecule has 0 bridgehead atoms. The average Bonchev–Trinajstić information content (AvgIpc) is 2.94. The molecule has 0 saturated carbocycles. The van der Waals surface area contributed by atoms with Crippen molar-refractivity contribution in [1.29, 1.82) is 0 Å². The molecule has 0 aliphatic rings. The SMILES string of the molecule is CCc1ccc(C=Nn2c(-c3ccccc3Cl)n[nH]c2=S)cc1. The van der Waals surface area contributed by atoms with Crippen LogP contribution in [-0.4, -0.2) is 21.1 Å². The Hall–Kier alpha value is -2.24. The lowest BCUT2D eigenvalue weighted by Crippen LogP contribution is -1.95. The van der Waals surface area contributed by atoms with Gasteiger partial charge in [-0.05, 0) is 41.9 Å². The first-order valence-electron chi connectivity index (χ1n) is 7.24. The van der Waals surface area contributed by atoms with Crippen molar-refractivity contribution in [1.82, 2.24) is 14.9 Å². The maximum absolute atomic E-state index is 6.24. The van der Waals surface area contributed by atoms with E-state index in [0.29, 0.717) is 15.6 Å². The highest BCUT2D eigenvalue weighted by molar-refractivity contribution is 7.71. The van der Waals surface area contributed by atoms with Gasteiger partial charge in [0.05, 0.1) is 11.2 Å². The van der Waals surface area contributed by atoms with Crippen LogP contribution in [0, 0.1) is 4.77 Å². The van der Waals surface area contributed by atoms with Gasteiger partial charge in [0.15, 0.2) is 5.82 Å². The van der Waals surface area contributed by atoms with Gasteiger partial charge in [-0.15, -0.1) is 0 Å². The normalized spacial score (nSPS) is 11.2. The van der Waals surface area contributed by atoms with Crippen molar-refractivity contribution in [3.63, 3.8) is 0 Å². The van der Waals surface area contributed by atoms with Crippen LogP contribution >= 0.6 is 23.8 Å². The number of hydrogen-bond donors (Lipinski definition) is 1. The molecule has 0 aliphatic carbocycles. The van der Waals surface area contributed by atoms with Gasteiger partial charge < -0.3 is 0 Å². The number of halogens is 1. The number of aryl methyl sites for hydroxylation is 1. The number of nitrogens with zero attached hydrogens (tertiary/aromatic N) is 3. The zero-order chi connectivity index (χ0) is 16.2. The van der Waals surface area contributed by atoms with Gasteiger partial charge in [0.2, 0.25) is 4.77 Å². The van der Waals surface area contributed by atoms with Crippen molar-refractivity contribution in [3.05, 3.63) is 69.5 Å². The highest BCUT2D eigenvalue weighted by Gasteiger charge is 2.11. The first-order chi connectivity index (χ1) is 11.2. The number of benzene rings is 2. The van der Waals surface area contributed by atoms with Crippen LogP contribution in [0.25, 0.3) is 11.4 Å². The fourth-order valence-corrected chi connectivity index (χ4v) is 2.58. The minimum Gasteiger partial charge on any atom is -0.250 e. The van der Waals surface area contributed by atoms with Gasteiger partial charge in [0, 0.05) is 5.56 Å². The second kappa shape index (κ2) is 6.89. The average molecular weight is 343 g/mol. The number of nitrogens with one attached hydrogen (secondary N) is 1. The summed E-state index contributed by atoms with van der Waals surface area (Å²) in [6.45, 7) is 2.13. The summed E-state index contributed by atoms with van der Waals surface area (Å²) in [5.41, 5.74) is 3.06. The Labute approximate surface area is 144 Å². The molecule has 6 heteroatoms. The Kier molecular flexibility index (Phi) is 4.69. The van der Waals surface area contributed by atoms with Gasteiger partial charge in [-0.2, -0.15) is 14.9 Å². The van der Waals surface area contributed by atoms with Crippen molar-refractivity contribution >= 4 is 30.0 Å². The number of H-pyrrole nitrogens is 1. The van der Waals surface area contributed by atoms with E-state index in [1.807, 2.05) is 36.4 Å². The molecule has 1 N–H and O–H groups in total. The molecular formula is C17H15ClN4S. The maximum atomic E-state index is 6.24. The first kappa shape index (κ1) is 15.6. The third-order valence-electron chi connectivity index (χ3n) is 3.48. The lowest BCUT2D eigenvalue weighted by atomic mass is 10.1. The number of aromatic amines is 1. The van der Waals surface area contributed by atoms with Gasteiger partial charge >= 0.3 is 0 Å². The maximum Gasteiger partial charge on any atom is 0.216 e. The van der Waals surface area contributed by atoms with Crippen LogP contribution in [0.2, 0.25) is 5.02 Å². The Bertz CT molecular complexity index is 893. The molecule has 3 rings (SSSR count). The molecule has 0 amide bonds. The van der Waals surface area contributed by atoms with E-state index in [4.69, 9.17) is 23.8 Å². The summed E-state index contributed by atoms with van der Waals surface area (Å²) in [7, 11) is 0. The predicted molar refractivity (Wildman–Crippen MR) is 96.7 cm³/mol. The molecule has 3 aromatic rings. The lowest BCUT2D eigenvalue weighted by molar-refractivity contribution is 0.871. The Morgan fingerprint density at radius 3 is 2.65 bits per heavy atom. The number of hydrogen-bond acceptors (Lipinski definition) is 3. The van der Waals surface area contributed by atoms with Crippen molar-refractivity contribution in [2.24, 2.45) is 5.10 Å². The second-order valence-electron chi connectivity index (χ2n) is 4.98. The predicted octanol–water partition coefficient (Wildman–Crippen LogP) is 4.71. The number of rotatable bonds is 4. The first-order valence-corrected chi connectivity index (χ1v) is 8.03. The van der Waals surface area contributed by atoms with E-state index in [1.54, 1.807) is 10.9 Å². The van der Waals surface area contributed by atoms with Crippen LogP contribution in [0.3, 0.4) is 0 Å². The molecule has 0 unspecified atom stereocenters. The molecule has 2 aromatic carbocycles. The third kappa shape index (κ3) is 3.41. The fourth-order valence-electron chi connectivity index (χ4n) is 2.18. The summed E-state index contributed by atoms with van der Waals surface area (Å²) in [6, 6.07) is 15.7. The molecule has 1 heterocycles. The molecule has 4 nitrogen and oxygen atoms in total. The van der Waals surface area contributed by atoms with Crippen LogP contribution in [0.15, 0.2) is 53.6 Å². The van der Waals surface area contributed by atoms with E-state index in [0.717, 1.165) is 17.5 Å². The highest BCUT2D eigenvalue weighted by atomic mass is 35.5. The van der Waals surface area contributed by atoms with E-state index in [2.05, 4.69) is 34.4 Å². The summed E-state index contributed by atoms with van der Waals surface area (Å²) >= 11 is 11.5. The highest BCUT2D eigenvalue weighted by Crippen LogP contribution is 2.25. The minimum atomic E-state index is 0.418. The molecule has 0 radical (unpaired) electrons. The fraction of sp³-hybridized carbons (Fsp3) is 0.118. The zero-order valence-corrected chi connectivity index (χ0v) is 14.1. The Balaban J connectivity index is 1.97. The van der Waals surface area contributed by atoms with Gasteiger partial charge in [0.25, 0.3) is 0 Å². The summed E-state index contributed by atoms with van der Waals surface area (Å²) < 4.78 is 1.99. The second-order valence-corrected chi connectivity index (χ2v) is 5.78. The van der Waals surface area contributed by atoms with Gasteiger partial charge in [0.1, 0.15) is 0 Å². The smallest absolute Gasteiger partial charge is 0.216 e. The Morgan fingerprint density at radius 2 is 1.96 bits per heavy atom. The van der Waals surface area contributed by atoms with E-state index < -0.39 is 0 Å². The van der Waals surface area contributed by atoms with Gasteiger partial charge in [-0.25, -0.2) is 5.10 Å². The lowest BCUT2D eigenvalue weighted by Gasteiger charge is -2.03. The molecule has 116 valence electrons. The topological polar surface area (TPSA) is 46.0 Å². The van der Waals surface area contributed by atoms with Crippen LogP contribution in [-0.2, 0) is 6.42 Å². The molecule has 0 fully saturated rings. The van der Waals surface area contributed by atoms with E-state index >= 15 is 0 Å². The summed E-state index contributed by atoms with van der Waals surface area (Å²) in [5.74, 6) is 0.585. The summed E-state index contributed by atoms with van der Waals surface area (Å²) in [6.07, 6.45) is 2.77. The standard InChI is InChI=1S/C17H15ClN4S/c1-2-12-7-9-13(10-8-12)11-19-22-16(20-21-17(22)23)14-5-3-4-6-15(14)18/h3-11H,2H2,1H3,(H,21,23). The van der Waals surface area contributed by atoms with E-state index in [-0.39, 0.29) is 0 Å². The third-order valence-corrected chi connectivity index (χ3v) is 4.07. The number of aromatic nitrogens is 3. The van der Waals surface area contributed by atoms with Gasteiger partial charge in [-0.3, -0.25) is 0 Å². The van der Waals surface area contributed by atoms with E-state index in [1.165, 1.54) is 5.56 Å². The monoisotopic (exact) mass is 342 g/mol. The van der Waals surface area contributed by atoms with Crippen LogP contribution < -0.4 is 0 Å². The van der Waals surface area contributed by atoms with Gasteiger partial charge in [-0.1, -0.05) is 54.9 Å². The molecule has 1 aromatic heterocycles. The largest absolute Gasteiger partial charge is 0.250 e. The van der Waals surface area contributed by atoms with Crippen molar-refractivity contribution in [3.8, 4) is 11.4 Å². The Morgan fingerprint density at radius 1 is 1.22 bits per heavy atom. The molecule has 0 atom stereocenters. The van der Waals surface area contributed by atoms with Crippen molar-refractivity contribution in [2.75, 3.05) is 0 Å². The minimum absolute atomic E-state index is 0.418. The van der Waals surface area contributed by atoms with Crippen molar-refractivity contribution < 1.29 is 0 Å². The van der Waals surface area contributed by atoms with Crippen LogP contribution in [0.1, 0.15) is 18.1 Å². The molecule has 0 spiro atoms. The molecular weight excluding hydrogens is 328 g/mol. The van der Waals surface area contributed by atoms with Crippen LogP contribution in [0.4, 0.5) is 0 Å². The summed E-state index contributed by atoms with van der Waals surface area (Å²) in [5, 5.41) is 12.0. The molecule has 0 saturated heterocycles. The quantitative estimate of drug-likeness (QED) is 0.551. The zero-order valence-electron chi connectivity index (χ0n) is 12.5. The molecule has 23 heavy (non-hydrogen) atoms.